The standard InChI is InChI=1S/C20H22ClN3O3S/c1-24(14-18(25)13-23-11-15-5-7-17(21)8-6-15)28(26,27)20-4-2-3-16-12-22-10-9-19(16)20/h2-10,12,18,23,25H,11,13-14H2,1H3. The number of nitrogens with one attached hydrogen (secondary N) is 1. The van der Waals surface area contributed by atoms with Crippen molar-refractivity contribution in [1.82, 2.24) is 14.6 Å². The summed E-state index contributed by atoms with van der Waals surface area (Å²) in [6.07, 6.45) is 2.35. The Balaban J connectivity index is 1.62. The number of hydrogen-bond acceptors (Lipinski definition) is 5. The normalized spacial score (nSPS) is 13.1. The summed E-state index contributed by atoms with van der Waals surface area (Å²) in [6, 6.07) is 14.1. The molecule has 0 fully saturated rings. The highest BCUT2D eigenvalue weighted by Crippen LogP contribution is 2.24. The van der Waals surface area contributed by atoms with Crippen molar-refractivity contribution >= 4 is 32.4 Å². The predicted octanol–water partition coefficient (Wildman–Crippen LogP) is 2.66. The Hall–Kier alpha value is -2.03. The highest BCUT2D eigenvalue weighted by Gasteiger charge is 2.24. The van der Waals surface area contributed by atoms with Crippen LogP contribution in [0.25, 0.3) is 10.8 Å². The van der Waals surface area contributed by atoms with E-state index in [1.54, 1.807) is 42.7 Å². The van der Waals surface area contributed by atoms with Crippen LogP contribution in [0.1, 0.15) is 5.56 Å². The number of rotatable bonds is 8. The van der Waals surface area contributed by atoms with Gasteiger partial charge in [0.2, 0.25) is 10.0 Å². The summed E-state index contributed by atoms with van der Waals surface area (Å²) >= 11 is 5.86. The third kappa shape index (κ3) is 4.87. The Kier molecular flexibility index (Phi) is 6.64. The van der Waals surface area contributed by atoms with E-state index in [0.29, 0.717) is 17.0 Å². The third-order valence-electron chi connectivity index (χ3n) is 4.42. The summed E-state index contributed by atoms with van der Waals surface area (Å²) < 4.78 is 27.1. The highest BCUT2D eigenvalue weighted by atomic mass is 35.5. The number of likely N-dealkylation sites (N-methyl/N-ethyl adjacent to an activating group) is 1. The molecule has 0 saturated carbocycles. The second kappa shape index (κ2) is 8.98. The van der Waals surface area contributed by atoms with Crippen LogP contribution in [0.4, 0.5) is 0 Å². The Morgan fingerprint density at radius 3 is 2.68 bits per heavy atom. The van der Waals surface area contributed by atoms with Gasteiger partial charge < -0.3 is 10.4 Å². The van der Waals surface area contributed by atoms with Crippen LogP contribution in [0.3, 0.4) is 0 Å². The van der Waals surface area contributed by atoms with Gasteiger partial charge in [-0.15, -0.1) is 0 Å². The molecule has 1 aromatic heterocycles. The first-order valence-corrected chi connectivity index (χ1v) is 10.6. The van der Waals surface area contributed by atoms with E-state index < -0.39 is 16.1 Å². The van der Waals surface area contributed by atoms with Gasteiger partial charge in [-0.1, -0.05) is 35.9 Å². The lowest BCUT2D eigenvalue weighted by Crippen LogP contribution is -2.39. The van der Waals surface area contributed by atoms with Gasteiger partial charge in [0.05, 0.1) is 11.0 Å². The molecule has 0 radical (unpaired) electrons. The summed E-state index contributed by atoms with van der Waals surface area (Å²) in [6.45, 7) is 0.806. The van der Waals surface area contributed by atoms with Crippen molar-refractivity contribution in [2.24, 2.45) is 0 Å². The quantitative estimate of drug-likeness (QED) is 0.586. The highest BCUT2D eigenvalue weighted by molar-refractivity contribution is 7.89. The largest absolute Gasteiger partial charge is 0.390 e. The maximum atomic E-state index is 13.0. The molecule has 28 heavy (non-hydrogen) atoms. The Morgan fingerprint density at radius 2 is 1.93 bits per heavy atom. The molecule has 0 aliphatic heterocycles. The van der Waals surface area contributed by atoms with Crippen LogP contribution >= 0.6 is 11.6 Å². The molecule has 0 amide bonds. The summed E-state index contributed by atoms with van der Waals surface area (Å²) in [4.78, 5) is 4.23. The minimum Gasteiger partial charge on any atom is -0.390 e. The fourth-order valence-electron chi connectivity index (χ4n) is 2.93. The van der Waals surface area contributed by atoms with Crippen LogP contribution in [0.2, 0.25) is 5.02 Å². The van der Waals surface area contributed by atoms with Crippen molar-refractivity contribution in [1.29, 1.82) is 0 Å². The first kappa shape index (κ1) is 20.7. The zero-order chi connectivity index (χ0) is 20.1. The zero-order valence-corrected chi connectivity index (χ0v) is 17.0. The van der Waals surface area contributed by atoms with Gasteiger partial charge in [-0.25, -0.2) is 8.42 Å². The van der Waals surface area contributed by atoms with E-state index in [9.17, 15) is 13.5 Å². The SMILES string of the molecule is CN(CC(O)CNCc1ccc(Cl)cc1)S(=O)(=O)c1cccc2cnccc12. The van der Waals surface area contributed by atoms with Crippen molar-refractivity contribution < 1.29 is 13.5 Å². The number of sulfonamides is 1. The number of benzene rings is 2. The lowest BCUT2D eigenvalue weighted by molar-refractivity contribution is 0.150. The molecule has 2 N–H and O–H groups in total. The molecule has 0 aliphatic rings. The molecule has 3 aromatic rings. The monoisotopic (exact) mass is 419 g/mol. The number of fused-ring (bicyclic) bond motifs is 1. The van der Waals surface area contributed by atoms with Gasteiger partial charge >= 0.3 is 0 Å². The molecule has 0 spiro atoms. The molecule has 1 unspecified atom stereocenters. The van der Waals surface area contributed by atoms with Gasteiger partial charge in [0, 0.05) is 54.9 Å². The van der Waals surface area contributed by atoms with Crippen LogP contribution in [-0.2, 0) is 16.6 Å². The van der Waals surface area contributed by atoms with Crippen LogP contribution in [0.15, 0.2) is 65.8 Å². The Morgan fingerprint density at radius 1 is 1.18 bits per heavy atom. The molecule has 0 saturated heterocycles. The van der Waals surface area contributed by atoms with E-state index in [2.05, 4.69) is 10.3 Å². The van der Waals surface area contributed by atoms with E-state index in [1.165, 1.54) is 11.4 Å². The van der Waals surface area contributed by atoms with Crippen molar-refractivity contribution in [2.75, 3.05) is 20.1 Å². The van der Waals surface area contributed by atoms with Crippen LogP contribution in [0.5, 0.6) is 0 Å². The number of hydrogen-bond donors (Lipinski definition) is 2. The van der Waals surface area contributed by atoms with Gasteiger partial charge in [-0.2, -0.15) is 4.31 Å². The van der Waals surface area contributed by atoms with Gasteiger partial charge in [0.15, 0.2) is 0 Å². The Bertz CT molecular complexity index is 1040. The summed E-state index contributed by atoms with van der Waals surface area (Å²) in [7, 11) is -2.27. The van der Waals surface area contributed by atoms with Crippen molar-refractivity contribution in [3.8, 4) is 0 Å². The van der Waals surface area contributed by atoms with Crippen molar-refractivity contribution in [3.05, 3.63) is 71.5 Å². The molecular formula is C20H22ClN3O3S. The van der Waals surface area contributed by atoms with Crippen molar-refractivity contribution in [3.63, 3.8) is 0 Å². The van der Waals surface area contributed by atoms with E-state index in [-0.39, 0.29) is 18.0 Å². The van der Waals surface area contributed by atoms with Crippen LogP contribution in [-0.4, -0.2) is 49.1 Å². The van der Waals surface area contributed by atoms with E-state index in [1.807, 2.05) is 18.2 Å². The van der Waals surface area contributed by atoms with Gasteiger partial charge in [-0.3, -0.25) is 4.98 Å². The van der Waals surface area contributed by atoms with E-state index in [4.69, 9.17) is 11.6 Å². The number of aliphatic hydroxyl groups is 1. The van der Waals surface area contributed by atoms with Crippen LogP contribution < -0.4 is 5.32 Å². The fourth-order valence-corrected chi connectivity index (χ4v) is 4.47. The smallest absolute Gasteiger partial charge is 0.243 e. The lowest BCUT2D eigenvalue weighted by Gasteiger charge is -2.21. The predicted molar refractivity (Wildman–Crippen MR) is 111 cm³/mol. The molecule has 8 heteroatoms. The summed E-state index contributed by atoms with van der Waals surface area (Å²) in [5, 5.41) is 15.4. The first-order valence-electron chi connectivity index (χ1n) is 8.80. The summed E-state index contributed by atoms with van der Waals surface area (Å²) in [5.41, 5.74) is 1.03. The van der Waals surface area contributed by atoms with Crippen LogP contribution in [0, 0.1) is 0 Å². The van der Waals surface area contributed by atoms with Gasteiger partial charge in [0.25, 0.3) is 0 Å². The average molecular weight is 420 g/mol. The number of aliphatic hydroxyl groups excluding tert-OH is 1. The molecule has 0 bridgehead atoms. The maximum absolute atomic E-state index is 13.0. The molecule has 1 atom stereocenters. The molecule has 1 heterocycles. The van der Waals surface area contributed by atoms with E-state index >= 15 is 0 Å². The number of aromatic nitrogens is 1. The average Bonchev–Trinajstić information content (AvgIpc) is 2.69. The molecule has 148 valence electrons. The topological polar surface area (TPSA) is 82.5 Å². The molecular weight excluding hydrogens is 398 g/mol. The first-order chi connectivity index (χ1) is 13.4. The van der Waals surface area contributed by atoms with Crippen molar-refractivity contribution in [2.45, 2.75) is 17.5 Å². The third-order valence-corrected chi connectivity index (χ3v) is 6.55. The van der Waals surface area contributed by atoms with Gasteiger partial charge in [0.1, 0.15) is 0 Å². The molecule has 0 aliphatic carbocycles. The lowest BCUT2D eigenvalue weighted by atomic mass is 10.2. The molecule has 3 rings (SSSR count). The second-order valence-corrected chi connectivity index (χ2v) is 9.00. The minimum atomic E-state index is -3.74. The van der Waals surface area contributed by atoms with E-state index in [0.717, 1.165) is 10.9 Å². The number of halogens is 1. The molecule has 6 nitrogen and oxygen atoms in total. The Labute approximate surface area is 169 Å². The second-order valence-electron chi connectivity index (χ2n) is 6.55. The number of nitrogens with zero attached hydrogens (tertiary/aromatic N) is 2. The molecule has 2 aromatic carbocycles. The zero-order valence-electron chi connectivity index (χ0n) is 15.4. The fraction of sp³-hybridized carbons (Fsp3) is 0.250. The summed E-state index contributed by atoms with van der Waals surface area (Å²) in [5.74, 6) is 0. The van der Waals surface area contributed by atoms with Gasteiger partial charge in [-0.05, 0) is 29.8 Å². The number of pyridine rings is 1. The maximum Gasteiger partial charge on any atom is 0.243 e. The minimum absolute atomic E-state index is 0.0164.